The molecule has 8 heteroatoms. The number of alkyl halides is 3. The maximum absolute atomic E-state index is 13.0. The molecule has 1 heterocycles. The quantitative estimate of drug-likeness (QED) is 0.653. The van der Waals surface area contributed by atoms with Crippen molar-refractivity contribution in [2.75, 3.05) is 32.1 Å². The van der Waals surface area contributed by atoms with E-state index in [-0.39, 0.29) is 18.1 Å². The normalized spacial score (nSPS) is 16.4. The number of anilines is 1. The molecule has 3 rings (SSSR count). The molecule has 0 unspecified atom stereocenters. The number of rotatable bonds is 6. The molecule has 0 aliphatic carbocycles. The van der Waals surface area contributed by atoms with Crippen LogP contribution < -0.4 is 5.32 Å². The van der Waals surface area contributed by atoms with Crippen LogP contribution in [-0.4, -0.2) is 43.2 Å². The van der Waals surface area contributed by atoms with Gasteiger partial charge < -0.3 is 15.0 Å². The average Bonchev–Trinajstić information content (AvgIpc) is 2.73. The van der Waals surface area contributed by atoms with Gasteiger partial charge in [0.15, 0.2) is 0 Å². The molecule has 0 spiro atoms. The molecule has 1 saturated heterocycles. The smallest absolute Gasteiger partial charge is 0.416 e. The van der Waals surface area contributed by atoms with Gasteiger partial charge in [-0.05, 0) is 43.0 Å². The lowest BCUT2D eigenvalue weighted by molar-refractivity contribution is -0.147. The summed E-state index contributed by atoms with van der Waals surface area (Å²) in [6, 6.07) is 15.1. The summed E-state index contributed by atoms with van der Waals surface area (Å²) >= 11 is 0. The lowest BCUT2D eigenvalue weighted by Gasteiger charge is -2.40. The third kappa shape index (κ3) is 5.89. The molecule has 2 aromatic carbocycles. The molecule has 4 nitrogen and oxygen atoms in total. The number of nitrogens with zero attached hydrogens (tertiary/aromatic N) is 1. The second-order valence-electron chi connectivity index (χ2n) is 7.35. The fourth-order valence-corrected chi connectivity index (χ4v) is 3.72. The molecule has 1 aliphatic rings. The van der Waals surface area contributed by atoms with Crippen molar-refractivity contribution in [1.29, 1.82) is 0 Å². The van der Waals surface area contributed by atoms with E-state index in [9.17, 15) is 18.0 Å². The van der Waals surface area contributed by atoms with Crippen molar-refractivity contribution >= 4 is 24.1 Å². The monoisotopic (exact) mass is 442 g/mol. The maximum Gasteiger partial charge on any atom is 0.416 e. The summed E-state index contributed by atoms with van der Waals surface area (Å²) in [7, 11) is 1.31. The Morgan fingerprint density at radius 1 is 1.10 bits per heavy atom. The Bertz CT molecular complexity index is 823. The van der Waals surface area contributed by atoms with Gasteiger partial charge in [-0.2, -0.15) is 13.2 Å². The molecule has 2 aromatic rings. The molecule has 1 fully saturated rings. The van der Waals surface area contributed by atoms with Crippen molar-refractivity contribution in [2.24, 2.45) is 0 Å². The average molecular weight is 443 g/mol. The van der Waals surface area contributed by atoms with E-state index in [0.717, 1.165) is 25.1 Å². The third-order valence-electron chi connectivity index (χ3n) is 5.42. The molecule has 0 radical (unpaired) electrons. The third-order valence-corrected chi connectivity index (χ3v) is 5.42. The SMILES string of the molecule is COC(=O)C1(Nc2cccc(C(F)(F)F)c2)CCN(CCc2ccccc2)CC1.Cl. The highest BCUT2D eigenvalue weighted by Gasteiger charge is 2.42. The Hall–Kier alpha value is -2.25. The van der Waals surface area contributed by atoms with Gasteiger partial charge in [-0.25, -0.2) is 4.79 Å². The number of hydrogen-bond acceptors (Lipinski definition) is 4. The number of carbonyl (C=O) groups excluding carboxylic acids is 1. The summed E-state index contributed by atoms with van der Waals surface area (Å²) in [5, 5.41) is 3.05. The van der Waals surface area contributed by atoms with Crippen LogP contribution in [0.4, 0.5) is 18.9 Å². The Morgan fingerprint density at radius 2 is 1.77 bits per heavy atom. The summed E-state index contributed by atoms with van der Waals surface area (Å²) in [4.78, 5) is 14.8. The number of hydrogen-bond donors (Lipinski definition) is 1. The zero-order chi connectivity index (χ0) is 20.9. The molecule has 0 amide bonds. The molecule has 1 N–H and O–H groups in total. The molecule has 0 aromatic heterocycles. The van der Waals surface area contributed by atoms with Crippen LogP contribution in [0.5, 0.6) is 0 Å². The minimum absolute atomic E-state index is 0. The second kappa shape index (κ2) is 10.2. The standard InChI is InChI=1S/C22H25F3N2O2.ClH/c1-29-20(28)21(26-19-9-5-8-18(16-19)22(23,24)25)11-14-27(15-12-21)13-10-17-6-3-2-4-7-17;/h2-9,16,26H,10-15H2,1H3;1H. The Kier molecular flexibility index (Phi) is 8.15. The zero-order valence-corrected chi connectivity index (χ0v) is 17.6. The van der Waals surface area contributed by atoms with E-state index < -0.39 is 23.2 Å². The Morgan fingerprint density at radius 3 is 2.37 bits per heavy atom. The number of halogens is 4. The number of methoxy groups -OCH3 is 1. The molecule has 0 atom stereocenters. The highest BCUT2D eigenvalue weighted by atomic mass is 35.5. The van der Waals surface area contributed by atoms with Crippen LogP contribution in [0.25, 0.3) is 0 Å². The van der Waals surface area contributed by atoms with E-state index in [1.165, 1.54) is 18.7 Å². The molecule has 0 bridgehead atoms. The fraction of sp³-hybridized carbons (Fsp3) is 0.409. The summed E-state index contributed by atoms with van der Waals surface area (Å²) in [6.07, 6.45) is -2.60. The summed E-state index contributed by atoms with van der Waals surface area (Å²) in [5.41, 5.74) is -0.257. The molecular weight excluding hydrogens is 417 g/mol. The summed E-state index contributed by atoms with van der Waals surface area (Å²) in [6.45, 7) is 2.19. The lowest BCUT2D eigenvalue weighted by Crippen LogP contribution is -2.55. The first-order valence-electron chi connectivity index (χ1n) is 9.62. The van der Waals surface area contributed by atoms with E-state index in [0.29, 0.717) is 25.9 Å². The van der Waals surface area contributed by atoms with E-state index >= 15 is 0 Å². The van der Waals surface area contributed by atoms with E-state index in [2.05, 4.69) is 22.3 Å². The lowest BCUT2D eigenvalue weighted by atomic mass is 9.86. The van der Waals surface area contributed by atoms with Gasteiger partial charge in [0.05, 0.1) is 12.7 Å². The van der Waals surface area contributed by atoms with Gasteiger partial charge in [0.25, 0.3) is 0 Å². The first-order valence-corrected chi connectivity index (χ1v) is 9.62. The van der Waals surface area contributed by atoms with Crippen molar-refractivity contribution in [3.05, 3.63) is 65.7 Å². The van der Waals surface area contributed by atoms with Crippen LogP contribution in [0, 0.1) is 0 Å². The van der Waals surface area contributed by atoms with E-state index in [4.69, 9.17) is 4.74 Å². The van der Waals surface area contributed by atoms with Gasteiger partial charge >= 0.3 is 12.1 Å². The van der Waals surface area contributed by atoms with Crippen LogP contribution in [0.1, 0.15) is 24.0 Å². The minimum Gasteiger partial charge on any atom is -0.467 e. The van der Waals surface area contributed by atoms with Crippen LogP contribution in [-0.2, 0) is 22.1 Å². The maximum atomic E-state index is 13.0. The van der Waals surface area contributed by atoms with Gasteiger partial charge in [0.1, 0.15) is 5.54 Å². The number of carbonyl (C=O) groups is 1. The first kappa shape index (κ1) is 24.0. The fourth-order valence-electron chi connectivity index (χ4n) is 3.72. The van der Waals surface area contributed by atoms with E-state index in [1.807, 2.05) is 18.2 Å². The predicted molar refractivity (Wildman–Crippen MR) is 113 cm³/mol. The minimum atomic E-state index is -4.43. The van der Waals surface area contributed by atoms with Crippen molar-refractivity contribution in [3.63, 3.8) is 0 Å². The topological polar surface area (TPSA) is 41.6 Å². The number of likely N-dealkylation sites (tertiary alicyclic amines) is 1. The highest BCUT2D eigenvalue weighted by molar-refractivity contribution is 5.85. The van der Waals surface area contributed by atoms with Gasteiger partial charge in [-0.15, -0.1) is 12.4 Å². The van der Waals surface area contributed by atoms with Crippen LogP contribution in [0.3, 0.4) is 0 Å². The number of benzene rings is 2. The highest BCUT2D eigenvalue weighted by Crippen LogP contribution is 2.33. The van der Waals surface area contributed by atoms with Gasteiger partial charge in [0.2, 0.25) is 0 Å². The molecule has 164 valence electrons. The Balaban J connectivity index is 0.00000320. The van der Waals surface area contributed by atoms with Gasteiger partial charge in [0, 0.05) is 25.3 Å². The Labute approximate surface area is 180 Å². The molecule has 30 heavy (non-hydrogen) atoms. The number of nitrogens with one attached hydrogen (secondary N) is 1. The van der Waals surface area contributed by atoms with Crippen molar-refractivity contribution in [1.82, 2.24) is 4.90 Å². The second-order valence-corrected chi connectivity index (χ2v) is 7.35. The predicted octanol–water partition coefficient (Wildman–Crippen LogP) is 4.79. The van der Waals surface area contributed by atoms with Gasteiger partial charge in [-0.1, -0.05) is 36.4 Å². The summed E-state index contributed by atoms with van der Waals surface area (Å²) < 4.78 is 44.0. The van der Waals surface area contributed by atoms with Gasteiger partial charge in [-0.3, -0.25) is 0 Å². The van der Waals surface area contributed by atoms with Crippen LogP contribution in [0.2, 0.25) is 0 Å². The first-order chi connectivity index (χ1) is 13.8. The number of esters is 1. The summed E-state index contributed by atoms with van der Waals surface area (Å²) in [5.74, 6) is -0.447. The number of ether oxygens (including phenoxy) is 1. The van der Waals surface area contributed by atoms with Crippen LogP contribution >= 0.6 is 12.4 Å². The van der Waals surface area contributed by atoms with Crippen molar-refractivity contribution < 1.29 is 22.7 Å². The largest absolute Gasteiger partial charge is 0.467 e. The van der Waals surface area contributed by atoms with Crippen molar-refractivity contribution in [2.45, 2.75) is 31.0 Å². The van der Waals surface area contributed by atoms with Crippen molar-refractivity contribution in [3.8, 4) is 0 Å². The molecule has 1 aliphatic heterocycles. The molecular formula is C22H26ClF3N2O2. The molecule has 0 saturated carbocycles. The zero-order valence-electron chi connectivity index (χ0n) is 16.7. The van der Waals surface area contributed by atoms with E-state index in [1.54, 1.807) is 6.07 Å². The van der Waals surface area contributed by atoms with Crippen LogP contribution in [0.15, 0.2) is 54.6 Å². The number of piperidine rings is 1.